The van der Waals surface area contributed by atoms with E-state index in [1.54, 1.807) is 0 Å². The summed E-state index contributed by atoms with van der Waals surface area (Å²) < 4.78 is 2.26. The van der Waals surface area contributed by atoms with Crippen LogP contribution in [-0.2, 0) is 13.1 Å². The number of hydrogen-bond acceptors (Lipinski definition) is 5. The summed E-state index contributed by atoms with van der Waals surface area (Å²) in [7, 11) is 0. The summed E-state index contributed by atoms with van der Waals surface area (Å²) in [5.74, 6) is 2.95. The molecule has 0 unspecified atom stereocenters. The highest BCUT2D eigenvalue weighted by atomic mass is 35.5. The molecule has 1 saturated carbocycles. The average molecular weight is 409 g/mol. The van der Waals surface area contributed by atoms with E-state index in [0.29, 0.717) is 18.4 Å². The number of nitrogens with one attached hydrogen (secondary N) is 1. The van der Waals surface area contributed by atoms with Crippen LogP contribution < -0.4 is 5.32 Å². The molecule has 3 aromatic rings. The first-order chi connectivity index (χ1) is 14.1. The van der Waals surface area contributed by atoms with E-state index in [9.17, 15) is 0 Å². The first-order valence-electron chi connectivity index (χ1n) is 10.3. The van der Waals surface area contributed by atoms with Crippen molar-refractivity contribution in [1.29, 1.82) is 0 Å². The van der Waals surface area contributed by atoms with Gasteiger partial charge in [-0.25, -0.2) is 0 Å². The molecule has 1 fully saturated rings. The van der Waals surface area contributed by atoms with E-state index in [0.717, 1.165) is 66.0 Å². The van der Waals surface area contributed by atoms with Crippen LogP contribution in [0.4, 0.5) is 0 Å². The summed E-state index contributed by atoms with van der Waals surface area (Å²) in [4.78, 5) is 9.30. The smallest absolute Gasteiger partial charge is 0.151 e. The predicted octanol–water partition coefficient (Wildman–Crippen LogP) is 4.37. The molecule has 2 aliphatic rings. The van der Waals surface area contributed by atoms with Crippen LogP contribution in [-0.4, -0.2) is 24.7 Å². The van der Waals surface area contributed by atoms with Crippen LogP contribution in [0.3, 0.4) is 0 Å². The zero-order chi connectivity index (χ0) is 20.0. The minimum Gasteiger partial charge on any atom is -0.306 e. The van der Waals surface area contributed by atoms with Crippen molar-refractivity contribution in [3.05, 3.63) is 63.7 Å². The van der Waals surface area contributed by atoms with Crippen molar-refractivity contribution in [3.8, 4) is 5.69 Å². The molecule has 150 valence electrons. The highest BCUT2D eigenvalue weighted by molar-refractivity contribution is 6.30. The lowest BCUT2D eigenvalue weighted by Crippen LogP contribution is -2.18. The zero-order valence-corrected chi connectivity index (χ0v) is 17.6. The average Bonchev–Trinajstić information content (AvgIpc) is 3.05. The molecule has 2 aromatic heterocycles. The van der Waals surface area contributed by atoms with Crippen LogP contribution in [0.1, 0.15) is 71.8 Å². The first-order valence-corrected chi connectivity index (χ1v) is 10.7. The van der Waals surface area contributed by atoms with Gasteiger partial charge in [0.05, 0.1) is 29.3 Å². The second-order valence-corrected chi connectivity index (χ2v) is 8.65. The molecular weight excluding hydrogens is 384 g/mol. The van der Waals surface area contributed by atoms with Gasteiger partial charge in [-0.3, -0.25) is 14.5 Å². The number of fused-ring (bicyclic) bond motifs is 3. The Morgan fingerprint density at radius 2 is 1.83 bits per heavy atom. The van der Waals surface area contributed by atoms with Gasteiger partial charge in [0.25, 0.3) is 0 Å². The Balaban J connectivity index is 1.43. The van der Waals surface area contributed by atoms with E-state index in [-0.39, 0.29) is 0 Å². The molecule has 1 N–H and O–H groups in total. The lowest BCUT2D eigenvalue weighted by atomic mass is 9.79. The molecule has 0 atom stereocenters. The van der Waals surface area contributed by atoms with E-state index in [1.807, 2.05) is 25.3 Å². The van der Waals surface area contributed by atoms with Crippen molar-refractivity contribution in [2.24, 2.45) is 0 Å². The van der Waals surface area contributed by atoms with Gasteiger partial charge in [0.1, 0.15) is 5.82 Å². The number of halogens is 1. The van der Waals surface area contributed by atoms with Gasteiger partial charge in [-0.15, -0.1) is 10.2 Å². The van der Waals surface area contributed by atoms with Gasteiger partial charge < -0.3 is 5.32 Å². The number of nitrogens with zero attached hydrogens (tertiary/aromatic N) is 5. The van der Waals surface area contributed by atoms with Gasteiger partial charge in [0, 0.05) is 29.6 Å². The summed E-state index contributed by atoms with van der Waals surface area (Å²) in [6.45, 7) is 5.59. The van der Waals surface area contributed by atoms with Gasteiger partial charge in [-0.05, 0) is 63.3 Å². The molecule has 5 rings (SSSR count). The third kappa shape index (κ3) is 3.45. The number of benzene rings is 1. The van der Waals surface area contributed by atoms with Gasteiger partial charge >= 0.3 is 0 Å². The Bertz CT molecular complexity index is 1050. The molecule has 6 nitrogen and oxygen atoms in total. The van der Waals surface area contributed by atoms with E-state index in [4.69, 9.17) is 16.6 Å². The van der Waals surface area contributed by atoms with Crippen molar-refractivity contribution >= 4 is 11.6 Å². The van der Waals surface area contributed by atoms with E-state index in [2.05, 4.69) is 38.1 Å². The van der Waals surface area contributed by atoms with E-state index < -0.39 is 0 Å². The lowest BCUT2D eigenvalue weighted by Gasteiger charge is -2.28. The van der Waals surface area contributed by atoms with Crippen molar-refractivity contribution in [2.45, 2.75) is 64.5 Å². The maximum absolute atomic E-state index is 6.24. The highest BCUT2D eigenvalue weighted by Gasteiger charge is 2.30. The third-order valence-corrected chi connectivity index (χ3v) is 6.46. The predicted molar refractivity (Wildman–Crippen MR) is 112 cm³/mol. The Labute approximate surface area is 175 Å². The molecule has 0 saturated heterocycles. The van der Waals surface area contributed by atoms with E-state index >= 15 is 0 Å². The van der Waals surface area contributed by atoms with Gasteiger partial charge in [-0.1, -0.05) is 11.6 Å². The standard InChI is InChI=1S/C22H25ClN6/c1-13-10-25-14(2)21(26-13)15-3-5-16(6-4-15)22-28-27-20-12-24-11-17-9-18(23)7-8-19(17)29(20)22/h7-10,15-16,24H,3-6,11-12H2,1-2H3/t15-,16-. The summed E-state index contributed by atoms with van der Waals surface area (Å²) in [5, 5.41) is 13.3. The molecule has 1 aliphatic heterocycles. The fourth-order valence-corrected chi connectivity index (χ4v) is 4.96. The van der Waals surface area contributed by atoms with Crippen LogP contribution in [0, 0.1) is 13.8 Å². The Morgan fingerprint density at radius 1 is 1.03 bits per heavy atom. The van der Waals surface area contributed by atoms with Gasteiger partial charge in [-0.2, -0.15) is 0 Å². The number of rotatable bonds is 2. The number of aryl methyl sites for hydroxylation is 2. The Morgan fingerprint density at radius 3 is 2.66 bits per heavy atom. The zero-order valence-electron chi connectivity index (χ0n) is 16.8. The monoisotopic (exact) mass is 408 g/mol. The molecule has 1 aromatic carbocycles. The van der Waals surface area contributed by atoms with Gasteiger partial charge in [0.15, 0.2) is 5.82 Å². The molecule has 0 radical (unpaired) electrons. The van der Waals surface area contributed by atoms with Crippen molar-refractivity contribution in [1.82, 2.24) is 30.0 Å². The summed E-state index contributed by atoms with van der Waals surface area (Å²) in [6.07, 6.45) is 6.26. The molecule has 0 amide bonds. The van der Waals surface area contributed by atoms with Crippen LogP contribution in [0.25, 0.3) is 5.69 Å². The van der Waals surface area contributed by atoms with Crippen LogP contribution in [0.15, 0.2) is 24.4 Å². The maximum Gasteiger partial charge on any atom is 0.151 e. The molecular formula is C22H25ClN6. The largest absolute Gasteiger partial charge is 0.306 e. The van der Waals surface area contributed by atoms with Crippen molar-refractivity contribution in [3.63, 3.8) is 0 Å². The molecule has 1 aliphatic carbocycles. The normalized spacial score (nSPS) is 21.3. The maximum atomic E-state index is 6.24. The van der Waals surface area contributed by atoms with Crippen LogP contribution in [0.2, 0.25) is 5.02 Å². The minimum atomic E-state index is 0.409. The molecule has 3 heterocycles. The summed E-state index contributed by atoms with van der Waals surface area (Å²) >= 11 is 6.24. The molecule has 7 heteroatoms. The van der Waals surface area contributed by atoms with Crippen molar-refractivity contribution in [2.75, 3.05) is 0 Å². The van der Waals surface area contributed by atoms with Crippen LogP contribution in [0.5, 0.6) is 0 Å². The second kappa shape index (κ2) is 7.50. The Hall–Kier alpha value is -2.31. The Kier molecular flexibility index (Phi) is 4.84. The fourth-order valence-electron chi connectivity index (χ4n) is 4.76. The molecule has 0 spiro atoms. The van der Waals surface area contributed by atoms with Crippen molar-refractivity contribution < 1.29 is 0 Å². The fraction of sp³-hybridized carbons (Fsp3) is 0.455. The highest BCUT2D eigenvalue weighted by Crippen LogP contribution is 2.41. The molecule has 29 heavy (non-hydrogen) atoms. The van der Waals surface area contributed by atoms with Gasteiger partial charge in [0.2, 0.25) is 0 Å². The number of aromatic nitrogens is 5. The van der Waals surface area contributed by atoms with E-state index in [1.165, 1.54) is 11.3 Å². The quantitative estimate of drug-likeness (QED) is 0.681. The number of hydrogen-bond donors (Lipinski definition) is 1. The second-order valence-electron chi connectivity index (χ2n) is 8.22. The minimum absolute atomic E-state index is 0.409. The summed E-state index contributed by atoms with van der Waals surface area (Å²) in [5.41, 5.74) is 5.58. The third-order valence-electron chi connectivity index (χ3n) is 6.23. The van der Waals surface area contributed by atoms with Crippen LogP contribution >= 0.6 is 11.6 Å². The SMILES string of the molecule is Cc1cnc(C)c([C@H]2CC[C@H](c3nnc4n3-c3ccc(Cl)cc3CNC4)CC2)n1. The molecule has 0 bridgehead atoms. The summed E-state index contributed by atoms with van der Waals surface area (Å²) in [6, 6.07) is 6.09. The topological polar surface area (TPSA) is 68.5 Å². The first kappa shape index (κ1) is 18.7. The lowest BCUT2D eigenvalue weighted by molar-refractivity contribution is 0.375.